The number of carboxylic acids is 1. The molecule has 1 atom stereocenters. The van der Waals surface area contributed by atoms with Crippen molar-refractivity contribution in [2.24, 2.45) is 0 Å². The van der Waals surface area contributed by atoms with Crippen LogP contribution in [0.2, 0.25) is 0 Å². The fourth-order valence-electron chi connectivity index (χ4n) is 4.69. The van der Waals surface area contributed by atoms with Gasteiger partial charge in [-0.25, -0.2) is 4.79 Å². The first-order valence-electron chi connectivity index (χ1n) is 13.2. The largest absolute Gasteiger partial charge is 0.480 e. The van der Waals surface area contributed by atoms with Crippen molar-refractivity contribution in [3.05, 3.63) is 29.3 Å². The Morgan fingerprint density at radius 2 is 1.74 bits per heavy atom. The third-order valence-electron chi connectivity index (χ3n) is 6.49. The summed E-state index contributed by atoms with van der Waals surface area (Å²) >= 11 is 0. The van der Waals surface area contributed by atoms with Gasteiger partial charge in [-0.2, -0.15) is 0 Å². The van der Waals surface area contributed by atoms with Gasteiger partial charge >= 0.3 is 12.1 Å². The summed E-state index contributed by atoms with van der Waals surface area (Å²) in [5, 5.41) is 15.2. The number of carbonyl (C=O) groups is 5. The number of benzene rings is 1. The Kier molecular flexibility index (Phi) is 9.71. The summed E-state index contributed by atoms with van der Waals surface area (Å²) in [5.74, 6) is -2.72. The first-order valence-corrected chi connectivity index (χ1v) is 13.2. The standard InChI is InChI=1S/C27H38N4O7/c1-27(2,3)38-26(37)29-15-8-6-4-5-7-14-28-20-11-9-10-18-19(20)16-30(24(18)35)21-12-13-22(32)31(25(21)36)17-23(33)34/h9-11,21,28H,4-8,12-17H2,1-3H3,(H,29,37)(H,33,34). The molecule has 2 aliphatic heterocycles. The lowest BCUT2D eigenvalue weighted by molar-refractivity contribution is -0.158. The fraction of sp³-hybridized carbons (Fsp3) is 0.593. The Balaban J connectivity index is 1.43. The number of ether oxygens (including phenoxy) is 1. The first-order chi connectivity index (χ1) is 18.0. The molecule has 38 heavy (non-hydrogen) atoms. The zero-order valence-electron chi connectivity index (χ0n) is 22.4. The summed E-state index contributed by atoms with van der Waals surface area (Å²) in [5.41, 5.74) is 1.65. The highest BCUT2D eigenvalue weighted by Gasteiger charge is 2.43. The van der Waals surface area contributed by atoms with Crippen LogP contribution in [-0.4, -0.2) is 76.0 Å². The Bertz CT molecular complexity index is 1070. The van der Waals surface area contributed by atoms with E-state index in [2.05, 4.69) is 10.6 Å². The van der Waals surface area contributed by atoms with Crippen molar-refractivity contribution in [1.29, 1.82) is 0 Å². The Morgan fingerprint density at radius 1 is 1.05 bits per heavy atom. The molecule has 0 bridgehead atoms. The van der Waals surface area contributed by atoms with Gasteiger partial charge in [0.1, 0.15) is 18.2 Å². The molecule has 0 aliphatic carbocycles. The minimum atomic E-state index is -1.27. The zero-order valence-corrected chi connectivity index (χ0v) is 22.4. The van der Waals surface area contributed by atoms with Crippen molar-refractivity contribution >= 4 is 35.5 Å². The normalized spacial score (nSPS) is 17.4. The maximum Gasteiger partial charge on any atom is 0.407 e. The molecular formula is C27H38N4O7. The number of hydrogen-bond acceptors (Lipinski definition) is 7. The molecule has 0 spiro atoms. The van der Waals surface area contributed by atoms with Gasteiger partial charge in [0.25, 0.3) is 11.8 Å². The summed E-state index contributed by atoms with van der Waals surface area (Å²) in [6.45, 7) is 6.33. The van der Waals surface area contributed by atoms with Gasteiger partial charge in [-0.15, -0.1) is 0 Å². The van der Waals surface area contributed by atoms with E-state index in [-0.39, 0.29) is 25.3 Å². The van der Waals surface area contributed by atoms with Crippen LogP contribution in [0.5, 0.6) is 0 Å². The molecule has 1 aromatic carbocycles. The minimum Gasteiger partial charge on any atom is -0.480 e. The number of carboxylic acid groups (broad SMARTS) is 1. The number of nitrogens with zero attached hydrogens (tertiary/aromatic N) is 2. The molecule has 3 rings (SSSR count). The second-order valence-electron chi connectivity index (χ2n) is 10.7. The number of anilines is 1. The maximum absolute atomic E-state index is 13.1. The summed E-state index contributed by atoms with van der Waals surface area (Å²) in [6.07, 6.45) is 4.68. The molecule has 2 heterocycles. The third kappa shape index (κ3) is 7.69. The molecule has 208 valence electrons. The van der Waals surface area contributed by atoms with Crippen LogP contribution in [0.1, 0.15) is 81.6 Å². The number of imide groups is 1. The number of aliphatic carboxylic acids is 1. The van der Waals surface area contributed by atoms with E-state index < -0.39 is 42.1 Å². The molecule has 4 amide bonds. The van der Waals surface area contributed by atoms with E-state index in [0.717, 1.165) is 54.8 Å². The molecule has 0 aromatic heterocycles. The molecule has 1 unspecified atom stereocenters. The molecule has 1 aromatic rings. The van der Waals surface area contributed by atoms with Crippen molar-refractivity contribution in [2.45, 2.75) is 83.9 Å². The third-order valence-corrected chi connectivity index (χ3v) is 6.49. The monoisotopic (exact) mass is 530 g/mol. The van der Waals surface area contributed by atoms with Crippen molar-refractivity contribution in [3.8, 4) is 0 Å². The molecule has 3 N–H and O–H groups in total. The molecule has 2 aliphatic rings. The van der Waals surface area contributed by atoms with Crippen LogP contribution in [-0.2, 0) is 25.7 Å². The summed E-state index contributed by atoms with van der Waals surface area (Å²) in [6, 6.07) is 4.57. The molecule has 1 saturated heterocycles. The van der Waals surface area contributed by atoms with Gasteiger partial charge in [-0.1, -0.05) is 25.3 Å². The Morgan fingerprint density at radius 3 is 2.42 bits per heavy atom. The second kappa shape index (κ2) is 12.7. The number of carbonyl (C=O) groups excluding carboxylic acids is 4. The van der Waals surface area contributed by atoms with Crippen LogP contribution >= 0.6 is 0 Å². The van der Waals surface area contributed by atoms with E-state index in [1.807, 2.05) is 26.8 Å². The van der Waals surface area contributed by atoms with Gasteiger partial charge in [0, 0.05) is 42.9 Å². The van der Waals surface area contributed by atoms with Crippen LogP contribution in [0, 0.1) is 0 Å². The number of rotatable bonds is 12. The lowest BCUT2D eigenvalue weighted by Gasteiger charge is -2.34. The molecule has 1 fully saturated rings. The minimum absolute atomic E-state index is 0.0198. The van der Waals surface area contributed by atoms with Crippen molar-refractivity contribution < 1.29 is 33.8 Å². The van der Waals surface area contributed by atoms with E-state index in [4.69, 9.17) is 9.84 Å². The number of piperidine rings is 1. The number of alkyl carbamates (subject to hydrolysis) is 1. The topological polar surface area (TPSA) is 145 Å². The van der Waals surface area contributed by atoms with Gasteiger partial charge in [0.15, 0.2) is 0 Å². The van der Waals surface area contributed by atoms with Gasteiger partial charge in [0.05, 0.1) is 0 Å². The molecular weight excluding hydrogens is 492 g/mol. The van der Waals surface area contributed by atoms with Crippen LogP contribution in [0.15, 0.2) is 18.2 Å². The Hall–Kier alpha value is -3.63. The molecule has 11 nitrogen and oxygen atoms in total. The van der Waals surface area contributed by atoms with Crippen molar-refractivity contribution in [1.82, 2.24) is 15.1 Å². The van der Waals surface area contributed by atoms with Crippen LogP contribution < -0.4 is 10.6 Å². The number of amides is 4. The van der Waals surface area contributed by atoms with Crippen LogP contribution in [0.4, 0.5) is 10.5 Å². The fourth-order valence-corrected chi connectivity index (χ4v) is 4.69. The lowest BCUT2D eigenvalue weighted by atomic mass is 10.0. The van der Waals surface area contributed by atoms with Crippen molar-refractivity contribution in [2.75, 3.05) is 25.0 Å². The van der Waals surface area contributed by atoms with Gasteiger partial charge in [0.2, 0.25) is 5.91 Å². The molecule has 0 radical (unpaired) electrons. The van der Waals surface area contributed by atoms with Crippen LogP contribution in [0.25, 0.3) is 0 Å². The van der Waals surface area contributed by atoms with Crippen molar-refractivity contribution in [3.63, 3.8) is 0 Å². The number of likely N-dealkylation sites (tertiary alicyclic amines) is 1. The number of unbranched alkanes of at least 4 members (excludes halogenated alkanes) is 4. The maximum atomic E-state index is 13.1. The van der Waals surface area contributed by atoms with E-state index in [0.29, 0.717) is 12.1 Å². The summed E-state index contributed by atoms with van der Waals surface area (Å²) < 4.78 is 5.21. The highest BCUT2D eigenvalue weighted by atomic mass is 16.6. The van der Waals surface area contributed by atoms with Gasteiger partial charge < -0.3 is 25.4 Å². The smallest absolute Gasteiger partial charge is 0.407 e. The average molecular weight is 531 g/mol. The van der Waals surface area contributed by atoms with Crippen LogP contribution in [0.3, 0.4) is 0 Å². The summed E-state index contributed by atoms with van der Waals surface area (Å²) in [4.78, 5) is 63.0. The second-order valence-corrected chi connectivity index (χ2v) is 10.7. The quantitative estimate of drug-likeness (QED) is 0.276. The van der Waals surface area contributed by atoms with E-state index in [1.54, 1.807) is 12.1 Å². The zero-order chi connectivity index (χ0) is 27.9. The molecule has 0 saturated carbocycles. The highest BCUT2D eigenvalue weighted by molar-refractivity contribution is 6.07. The molecule has 11 heteroatoms. The first kappa shape index (κ1) is 28.9. The number of hydrogen-bond donors (Lipinski definition) is 3. The number of nitrogens with one attached hydrogen (secondary N) is 2. The average Bonchev–Trinajstić information content (AvgIpc) is 3.16. The predicted octanol–water partition coefficient (Wildman–Crippen LogP) is 3.13. The van der Waals surface area contributed by atoms with Gasteiger partial charge in [-0.05, 0) is 52.2 Å². The lowest BCUT2D eigenvalue weighted by Crippen LogP contribution is -2.55. The number of fused-ring (bicyclic) bond motifs is 1. The summed E-state index contributed by atoms with van der Waals surface area (Å²) in [7, 11) is 0. The van der Waals surface area contributed by atoms with E-state index in [1.165, 1.54) is 4.90 Å². The Labute approximate surface area is 222 Å². The van der Waals surface area contributed by atoms with Gasteiger partial charge in [-0.3, -0.25) is 24.1 Å². The SMILES string of the molecule is CC(C)(C)OC(=O)NCCCCCCCNc1cccc2c1CN(C1CCC(=O)N(CC(=O)O)C1=O)C2=O. The highest BCUT2D eigenvalue weighted by Crippen LogP contribution is 2.33. The van der Waals surface area contributed by atoms with E-state index >= 15 is 0 Å². The van der Waals surface area contributed by atoms with E-state index in [9.17, 15) is 24.0 Å². The predicted molar refractivity (Wildman–Crippen MR) is 140 cm³/mol.